The monoisotopic (exact) mass is 541 g/mol. The maximum atomic E-state index is 14.3. The Morgan fingerprint density at radius 1 is 1.06 bits per heavy atom. The van der Waals surface area contributed by atoms with Crippen LogP contribution < -0.4 is 9.62 Å². The molecule has 10 heteroatoms. The predicted molar refractivity (Wildman–Crippen MR) is 131 cm³/mol. The van der Waals surface area contributed by atoms with Crippen LogP contribution >= 0.6 is 15.9 Å². The van der Waals surface area contributed by atoms with Crippen molar-refractivity contribution in [2.24, 2.45) is 5.92 Å². The lowest BCUT2D eigenvalue weighted by Crippen LogP contribution is -2.51. The average Bonchev–Trinajstić information content (AvgIpc) is 2.74. The number of hydrogen-bond donors (Lipinski definition) is 1. The number of rotatable bonds is 10. The van der Waals surface area contributed by atoms with Crippen LogP contribution in [-0.2, 0) is 26.2 Å². The van der Waals surface area contributed by atoms with Crippen LogP contribution in [0.1, 0.15) is 26.3 Å². The van der Waals surface area contributed by atoms with Crippen LogP contribution in [-0.4, -0.2) is 50.5 Å². The standard InChI is InChI=1S/C23H29BrFN3O4S/c1-16(2)13-26-23(30)17(3)27(14-18-7-5-6-8-21(18)25)22(29)15-28(33(4,31)32)20-11-9-19(24)10-12-20/h5-12,16-17H,13-15H2,1-4H3,(H,26,30). The molecule has 33 heavy (non-hydrogen) atoms. The van der Waals surface area contributed by atoms with Gasteiger partial charge in [0, 0.05) is 23.1 Å². The zero-order valence-corrected chi connectivity index (χ0v) is 21.5. The van der Waals surface area contributed by atoms with Gasteiger partial charge < -0.3 is 10.2 Å². The van der Waals surface area contributed by atoms with Gasteiger partial charge in [-0.2, -0.15) is 0 Å². The highest BCUT2D eigenvalue weighted by atomic mass is 79.9. The molecule has 0 spiro atoms. The van der Waals surface area contributed by atoms with Gasteiger partial charge in [-0.15, -0.1) is 0 Å². The zero-order chi connectivity index (χ0) is 24.8. The first-order chi connectivity index (χ1) is 15.4. The number of halogens is 2. The van der Waals surface area contributed by atoms with Crippen LogP contribution in [0.2, 0.25) is 0 Å². The molecule has 0 aliphatic carbocycles. The number of sulfonamides is 1. The molecule has 0 bridgehead atoms. The summed E-state index contributed by atoms with van der Waals surface area (Å²) in [6.07, 6.45) is 1.00. The van der Waals surface area contributed by atoms with Crippen molar-refractivity contribution < 1.29 is 22.4 Å². The second-order valence-electron chi connectivity index (χ2n) is 8.17. The molecule has 7 nitrogen and oxygen atoms in total. The molecule has 0 heterocycles. The van der Waals surface area contributed by atoms with E-state index in [1.165, 1.54) is 23.1 Å². The van der Waals surface area contributed by atoms with E-state index in [0.29, 0.717) is 12.2 Å². The minimum absolute atomic E-state index is 0.181. The fraction of sp³-hybridized carbons (Fsp3) is 0.391. The summed E-state index contributed by atoms with van der Waals surface area (Å²) in [4.78, 5) is 27.3. The molecule has 2 aromatic rings. The maximum Gasteiger partial charge on any atom is 0.244 e. The topological polar surface area (TPSA) is 86.8 Å². The van der Waals surface area contributed by atoms with Gasteiger partial charge in [0.15, 0.2) is 0 Å². The lowest BCUT2D eigenvalue weighted by Gasteiger charge is -2.31. The van der Waals surface area contributed by atoms with Gasteiger partial charge in [-0.05, 0) is 43.2 Å². The van der Waals surface area contributed by atoms with Gasteiger partial charge in [-0.1, -0.05) is 48.0 Å². The molecular weight excluding hydrogens is 513 g/mol. The Balaban J connectivity index is 2.36. The minimum atomic E-state index is -3.81. The summed E-state index contributed by atoms with van der Waals surface area (Å²) < 4.78 is 41.0. The highest BCUT2D eigenvalue weighted by Crippen LogP contribution is 2.22. The number of nitrogens with one attached hydrogen (secondary N) is 1. The third kappa shape index (κ3) is 7.82. The first-order valence-corrected chi connectivity index (χ1v) is 13.1. The summed E-state index contributed by atoms with van der Waals surface area (Å²) in [6, 6.07) is 11.5. The normalized spacial score (nSPS) is 12.3. The van der Waals surface area contributed by atoms with Crippen LogP contribution in [0.5, 0.6) is 0 Å². The second-order valence-corrected chi connectivity index (χ2v) is 11.0. The Morgan fingerprint density at radius 2 is 1.67 bits per heavy atom. The largest absolute Gasteiger partial charge is 0.354 e. The van der Waals surface area contributed by atoms with E-state index in [1.54, 1.807) is 37.3 Å². The summed E-state index contributed by atoms with van der Waals surface area (Å²) in [5.74, 6) is -1.34. The summed E-state index contributed by atoms with van der Waals surface area (Å²) in [7, 11) is -3.81. The number of carbonyl (C=O) groups excluding carboxylic acids is 2. The Morgan fingerprint density at radius 3 is 2.21 bits per heavy atom. The number of amides is 2. The Kier molecular flexibility index (Phi) is 9.42. The zero-order valence-electron chi connectivity index (χ0n) is 19.1. The molecule has 1 atom stereocenters. The van der Waals surface area contributed by atoms with Crippen molar-refractivity contribution >= 4 is 43.5 Å². The first kappa shape index (κ1) is 26.8. The van der Waals surface area contributed by atoms with Crippen molar-refractivity contribution in [1.82, 2.24) is 10.2 Å². The van der Waals surface area contributed by atoms with Crippen LogP contribution in [0.25, 0.3) is 0 Å². The van der Waals surface area contributed by atoms with Gasteiger partial charge in [0.25, 0.3) is 0 Å². The second kappa shape index (κ2) is 11.6. The lowest BCUT2D eigenvalue weighted by atomic mass is 10.1. The Bertz CT molecular complexity index is 1080. The first-order valence-electron chi connectivity index (χ1n) is 10.4. The molecule has 2 amide bonds. The Hall–Kier alpha value is -2.46. The average molecular weight is 542 g/mol. The van der Waals surface area contributed by atoms with Crippen LogP contribution in [0.15, 0.2) is 53.0 Å². The lowest BCUT2D eigenvalue weighted by molar-refractivity contribution is -0.139. The number of hydrogen-bond acceptors (Lipinski definition) is 4. The van der Waals surface area contributed by atoms with Gasteiger partial charge in [-0.3, -0.25) is 13.9 Å². The number of anilines is 1. The maximum absolute atomic E-state index is 14.3. The van der Waals surface area contributed by atoms with Gasteiger partial charge in [0.2, 0.25) is 21.8 Å². The molecule has 0 aromatic heterocycles. The van der Waals surface area contributed by atoms with E-state index in [4.69, 9.17) is 0 Å². The smallest absolute Gasteiger partial charge is 0.244 e. The van der Waals surface area contributed by atoms with Gasteiger partial charge in [0.1, 0.15) is 18.4 Å². The minimum Gasteiger partial charge on any atom is -0.354 e. The molecule has 0 saturated heterocycles. The van der Waals surface area contributed by atoms with Gasteiger partial charge in [-0.25, -0.2) is 12.8 Å². The van der Waals surface area contributed by atoms with Crippen LogP contribution in [0, 0.1) is 11.7 Å². The van der Waals surface area contributed by atoms with E-state index < -0.39 is 40.2 Å². The van der Waals surface area contributed by atoms with E-state index in [-0.39, 0.29) is 18.0 Å². The molecular formula is C23H29BrFN3O4S. The summed E-state index contributed by atoms with van der Waals surface area (Å²) in [5, 5.41) is 2.78. The van der Waals surface area contributed by atoms with Crippen molar-refractivity contribution in [1.29, 1.82) is 0 Å². The molecule has 180 valence electrons. The molecule has 0 saturated carbocycles. The Labute approximate surface area is 203 Å². The highest BCUT2D eigenvalue weighted by molar-refractivity contribution is 9.10. The van der Waals surface area contributed by atoms with Gasteiger partial charge >= 0.3 is 0 Å². The van der Waals surface area contributed by atoms with E-state index in [1.807, 2.05) is 13.8 Å². The van der Waals surface area contributed by atoms with Crippen molar-refractivity contribution in [3.05, 3.63) is 64.4 Å². The molecule has 2 aromatic carbocycles. The summed E-state index contributed by atoms with van der Waals surface area (Å²) >= 11 is 3.30. The highest BCUT2D eigenvalue weighted by Gasteiger charge is 2.30. The van der Waals surface area contributed by atoms with E-state index in [9.17, 15) is 22.4 Å². The van der Waals surface area contributed by atoms with Crippen LogP contribution in [0.4, 0.5) is 10.1 Å². The molecule has 0 radical (unpaired) electrons. The van der Waals surface area contributed by atoms with E-state index >= 15 is 0 Å². The fourth-order valence-corrected chi connectivity index (χ4v) is 4.18. The molecule has 0 fully saturated rings. The van der Waals surface area contributed by atoms with E-state index in [0.717, 1.165) is 15.0 Å². The quantitative estimate of drug-likeness (QED) is 0.498. The molecule has 0 aliphatic rings. The molecule has 1 N–H and O–H groups in total. The number of nitrogens with zero attached hydrogens (tertiary/aromatic N) is 2. The van der Waals surface area contributed by atoms with E-state index in [2.05, 4.69) is 21.2 Å². The summed E-state index contributed by atoms with van der Waals surface area (Å²) in [6.45, 7) is 5.12. The fourth-order valence-electron chi connectivity index (χ4n) is 3.07. The van der Waals surface area contributed by atoms with Gasteiger partial charge in [0.05, 0.1) is 11.9 Å². The molecule has 0 aliphatic heterocycles. The third-order valence-electron chi connectivity index (χ3n) is 4.94. The van der Waals surface area contributed by atoms with Crippen molar-refractivity contribution in [2.45, 2.75) is 33.4 Å². The molecule has 2 rings (SSSR count). The van der Waals surface area contributed by atoms with Crippen molar-refractivity contribution in [3.63, 3.8) is 0 Å². The number of benzene rings is 2. The van der Waals surface area contributed by atoms with Crippen molar-refractivity contribution in [2.75, 3.05) is 23.7 Å². The third-order valence-corrected chi connectivity index (χ3v) is 6.61. The molecule has 1 unspecified atom stereocenters. The summed E-state index contributed by atoms with van der Waals surface area (Å²) in [5.41, 5.74) is 0.528. The van der Waals surface area contributed by atoms with Crippen LogP contribution in [0.3, 0.4) is 0 Å². The SMILES string of the molecule is CC(C)CNC(=O)C(C)N(Cc1ccccc1F)C(=O)CN(c1ccc(Br)cc1)S(C)(=O)=O. The van der Waals surface area contributed by atoms with Crippen molar-refractivity contribution in [3.8, 4) is 0 Å². The predicted octanol–water partition coefficient (Wildman–Crippen LogP) is 3.54. The number of carbonyl (C=O) groups is 2.